The molecule has 2 aliphatic rings. The molecule has 4 unspecified atom stereocenters. The molecule has 2 nitrogen and oxygen atoms in total. The highest BCUT2D eigenvalue weighted by Crippen LogP contribution is 2.75. The molecule has 0 aromatic heterocycles. The minimum absolute atomic E-state index is 3.66. The minimum Gasteiger partial charge on any atom is -0.386 e. The highest BCUT2D eigenvalue weighted by atomic mass is 19.3. The molecule has 2 aliphatic carbocycles. The first-order valence-corrected chi connectivity index (χ1v) is 4.19. The van der Waals surface area contributed by atoms with Crippen LogP contribution in [-0.2, 0) is 0 Å². The molecule has 0 heterocycles. The van der Waals surface area contributed by atoms with Gasteiger partial charge in [-0.1, -0.05) is 0 Å². The van der Waals surface area contributed by atoms with Gasteiger partial charge in [0.25, 0.3) is 11.3 Å². The van der Waals surface area contributed by atoms with Gasteiger partial charge >= 0.3 is 17.8 Å². The molecule has 17 heavy (non-hydrogen) atoms. The Bertz CT molecular complexity index is 350. The summed E-state index contributed by atoms with van der Waals surface area (Å²) in [5, 5.41) is 17.3. The quantitative estimate of drug-likeness (QED) is 0.647. The topological polar surface area (TPSA) is 40.5 Å². The van der Waals surface area contributed by atoms with Crippen molar-refractivity contribution >= 4 is 0 Å². The molecule has 0 radical (unpaired) electrons. The van der Waals surface area contributed by atoms with Crippen LogP contribution in [0.3, 0.4) is 0 Å². The van der Waals surface area contributed by atoms with E-state index in [0.29, 0.717) is 0 Å². The van der Waals surface area contributed by atoms with Crippen molar-refractivity contribution in [1.29, 1.82) is 0 Å². The average Bonchev–Trinajstić information content (AvgIpc) is 2.33. The lowest BCUT2D eigenvalue weighted by molar-refractivity contribution is -0.324. The van der Waals surface area contributed by atoms with Gasteiger partial charge in [0.05, 0.1) is 0 Å². The summed E-state index contributed by atoms with van der Waals surface area (Å²) in [5.41, 5.74) is -11.1. The standard InChI is InChI=1S/C7H4F8O2/c8-3-1(16)2(17)4(9,5(3,10)11)7(14,15)6(3,12)13/h1-2,16-17H. The Labute approximate surface area is 87.8 Å². The zero-order valence-electron chi connectivity index (χ0n) is 7.57. The van der Waals surface area contributed by atoms with Crippen LogP contribution < -0.4 is 0 Å². The highest BCUT2D eigenvalue weighted by molar-refractivity contribution is 5.40. The van der Waals surface area contributed by atoms with Crippen molar-refractivity contribution in [2.75, 3.05) is 0 Å². The van der Waals surface area contributed by atoms with Gasteiger partial charge in [0.2, 0.25) is 0 Å². The molecular weight excluding hydrogens is 268 g/mol. The number of halogens is 8. The number of alkyl halides is 8. The monoisotopic (exact) mass is 272 g/mol. The zero-order chi connectivity index (χ0) is 13.7. The fourth-order valence-corrected chi connectivity index (χ4v) is 2.29. The molecule has 0 spiro atoms. The number of hydrogen-bond donors (Lipinski definition) is 2. The van der Waals surface area contributed by atoms with Crippen LogP contribution in [0.1, 0.15) is 0 Å². The van der Waals surface area contributed by atoms with E-state index < -0.39 is 41.3 Å². The summed E-state index contributed by atoms with van der Waals surface area (Å²) < 4.78 is 104. The van der Waals surface area contributed by atoms with E-state index in [2.05, 4.69) is 0 Å². The third-order valence-corrected chi connectivity index (χ3v) is 3.34. The second kappa shape index (κ2) is 2.53. The van der Waals surface area contributed by atoms with E-state index in [0.717, 1.165) is 0 Å². The van der Waals surface area contributed by atoms with E-state index in [1.54, 1.807) is 0 Å². The second-order valence-electron chi connectivity index (χ2n) is 4.04. The second-order valence-corrected chi connectivity index (χ2v) is 4.04. The normalized spacial score (nSPS) is 54.0. The van der Waals surface area contributed by atoms with Gasteiger partial charge in [-0.25, -0.2) is 8.78 Å². The number of aliphatic hydroxyl groups is 2. The van der Waals surface area contributed by atoms with Crippen molar-refractivity contribution in [3.05, 3.63) is 0 Å². The molecule has 0 aromatic rings. The Balaban J connectivity index is 2.83. The Morgan fingerprint density at radius 2 is 0.765 bits per heavy atom. The lowest BCUT2D eigenvalue weighted by Gasteiger charge is -2.38. The maximum atomic E-state index is 13.4. The van der Waals surface area contributed by atoms with Crippen LogP contribution >= 0.6 is 0 Å². The first-order valence-electron chi connectivity index (χ1n) is 4.19. The molecule has 10 heteroatoms. The van der Waals surface area contributed by atoms with E-state index in [1.165, 1.54) is 0 Å². The third-order valence-electron chi connectivity index (χ3n) is 3.34. The fourth-order valence-electron chi connectivity index (χ4n) is 2.29. The number of rotatable bonds is 0. The molecule has 2 rings (SSSR count). The van der Waals surface area contributed by atoms with Gasteiger partial charge in [-0.15, -0.1) is 0 Å². The molecule has 0 aliphatic heterocycles. The summed E-state index contributed by atoms with van der Waals surface area (Å²) in [6.07, 6.45) is -7.31. The van der Waals surface area contributed by atoms with E-state index >= 15 is 0 Å². The third kappa shape index (κ3) is 0.752. The summed E-state index contributed by atoms with van der Waals surface area (Å²) in [7, 11) is 0. The van der Waals surface area contributed by atoms with Gasteiger partial charge in [0.15, 0.2) is 0 Å². The van der Waals surface area contributed by atoms with E-state index in [4.69, 9.17) is 10.2 Å². The molecule has 2 N–H and O–H groups in total. The zero-order valence-corrected chi connectivity index (χ0v) is 7.57. The van der Waals surface area contributed by atoms with Crippen molar-refractivity contribution in [2.45, 2.75) is 41.3 Å². The van der Waals surface area contributed by atoms with E-state index in [1.807, 2.05) is 0 Å². The van der Waals surface area contributed by atoms with Crippen LogP contribution in [0.5, 0.6) is 0 Å². The summed E-state index contributed by atoms with van der Waals surface area (Å²) in [6.45, 7) is 0. The van der Waals surface area contributed by atoms with Gasteiger partial charge in [0, 0.05) is 0 Å². The molecule has 0 aromatic carbocycles. The largest absolute Gasteiger partial charge is 0.386 e. The Morgan fingerprint density at radius 3 is 0.941 bits per heavy atom. The van der Waals surface area contributed by atoms with Crippen molar-refractivity contribution in [3.8, 4) is 0 Å². The van der Waals surface area contributed by atoms with Gasteiger partial charge < -0.3 is 10.2 Å². The van der Waals surface area contributed by atoms with E-state index in [9.17, 15) is 35.1 Å². The van der Waals surface area contributed by atoms with Crippen molar-refractivity contribution in [1.82, 2.24) is 0 Å². The molecule has 2 fully saturated rings. The van der Waals surface area contributed by atoms with Gasteiger partial charge in [-0.2, -0.15) is 26.3 Å². The van der Waals surface area contributed by atoms with Crippen LogP contribution in [0.4, 0.5) is 35.1 Å². The van der Waals surface area contributed by atoms with Gasteiger partial charge in [-0.3, -0.25) is 0 Å². The lowest BCUT2D eigenvalue weighted by Crippen LogP contribution is -2.68. The fraction of sp³-hybridized carbons (Fsp3) is 1.00. The van der Waals surface area contributed by atoms with Crippen LogP contribution in [0.15, 0.2) is 0 Å². The first kappa shape index (κ1) is 12.8. The molecule has 0 amide bonds. The average molecular weight is 272 g/mol. The first-order chi connectivity index (χ1) is 7.32. The number of hydrogen-bond acceptors (Lipinski definition) is 2. The maximum Gasteiger partial charge on any atom is 0.355 e. The Kier molecular flexibility index (Phi) is 1.91. The molecule has 2 bridgehead atoms. The Hall–Kier alpha value is -0.640. The predicted octanol–water partition coefficient (Wildman–Crippen LogP) is 1.06. The summed E-state index contributed by atoms with van der Waals surface area (Å²) in [6, 6.07) is 0. The summed E-state index contributed by atoms with van der Waals surface area (Å²) in [4.78, 5) is 0. The molecule has 2 saturated carbocycles. The van der Waals surface area contributed by atoms with Crippen LogP contribution in [-0.4, -0.2) is 51.5 Å². The highest BCUT2D eigenvalue weighted by Gasteiger charge is 3.07. The molecule has 4 atom stereocenters. The number of aliphatic hydroxyl groups excluding tert-OH is 2. The maximum absolute atomic E-state index is 13.4. The minimum atomic E-state index is -6.14. The summed E-state index contributed by atoms with van der Waals surface area (Å²) >= 11 is 0. The SMILES string of the molecule is OC1C(O)C2(F)C(F)(F)C(F)(F)C1(F)C2(F)F. The number of fused-ring (bicyclic) bond motifs is 2. The van der Waals surface area contributed by atoms with Crippen molar-refractivity contribution < 1.29 is 45.3 Å². The molecular formula is C7H4F8O2. The summed E-state index contributed by atoms with van der Waals surface area (Å²) in [5.74, 6) is -18.2. The molecule has 100 valence electrons. The predicted molar refractivity (Wildman–Crippen MR) is 34.5 cm³/mol. The van der Waals surface area contributed by atoms with Crippen molar-refractivity contribution in [2.24, 2.45) is 0 Å². The van der Waals surface area contributed by atoms with Crippen LogP contribution in [0.2, 0.25) is 0 Å². The lowest BCUT2D eigenvalue weighted by atomic mass is 9.85. The smallest absolute Gasteiger partial charge is 0.355 e. The van der Waals surface area contributed by atoms with Crippen LogP contribution in [0.25, 0.3) is 0 Å². The molecule has 0 saturated heterocycles. The van der Waals surface area contributed by atoms with E-state index in [-0.39, 0.29) is 0 Å². The van der Waals surface area contributed by atoms with Gasteiger partial charge in [0.1, 0.15) is 12.2 Å². The van der Waals surface area contributed by atoms with Crippen molar-refractivity contribution in [3.63, 3.8) is 0 Å². The van der Waals surface area contributed by atoms with Crippen LogP contribution in [0, 0.1) is 0 Å². The van der Waals surface area contributed by atoms with Gasteiger partial charge in [-0.05, 0) is 0 Å². The Morgan fingerprint density at radius 1 is 0.529 bits per heavy atom.